The third kappa shape index (κ3) is 5.46. The van der Waals surface area contributed by atoms with Gasteiger partial charge in [-0.1, -0.05) is 18.2 Å². The first-order valence-corrected chi connectivity index (χ1v) is 8.74. The zero-order valence-corrected chi connectivity index (χ0v) is 15.3. The number of hydrogen-bond acceptors (Lipinski definition) is 5. The highest BCUT2D eigenvalue weighted by molar-refractivity contribution is 5.97. The fourth-order valence-corrected chi connectivity index (χ4v) is 2.45. The Morgan fingerprint density at radius 1 is 0.893 bits per heavy atom. The third-order valence-electron chi connectivity index (χ3n) is 3.86. The van der Waals surface area contributed by atoms with E-state index in [0.29, 0.717) is 18.9 Å². The first-order valence-electron chi connectivity index (χ1n) is 8.74. The number of nitrogen functional groups attached to an aromatic ring is 1. The van der Waals surface area contributed by atoms with E-state index in [-0.39, 0.29) is 12.3 Å². The Morgan fingerprint density at radius 3 is 2.29 bits per heavy atom. The molecule has 0 saturated heterocycles. The number of primary amides is 1. The van der Waals surface area contributed by atoms with Gasteiger partial charge in [0.25, 0.3) is 12.6 Å². The minimum atomic E-state index is -0.574. The number of aromatic nitrogens is 1. The highest BCUT2D eigenvalue weighted by Gasteiger charge is 2.12. The van der Waals surface area contributed by atoms with Gasteiger partial charge in [0.1, 0.15) is 29.4 Å². The molecule has 0 aliphatic heterocycles. The van der Waals surface area contributed by atoms with Crippen LogP contribution in [0.1, 0.15) is 10.4 Å². The van der Waals surface area contributed by atoms with Crippen molar-refractivity contribution in [2.45, 2.75) is 6.73 Å². The molecule has 0 unspecified atom stereocenters. The van der Waals surface area contributed by atoms with Crippen molar-refractivity contribution in [3.05, 3.63) is 78.6 Å². The van der Waals surface area contributed by atoms with Gasteiger partial charge in [0.2, 0.25) is 0 Å². The molecule has 0 aliphatic rings. The van der Waals surface area contributed by atoms with Crippen LogP contribution in [0.3, 0.4) is 0 Å². The maximum Gasteiger partial charge on any atom is 0.256 e. The van der Waals surface area contributed by atoms with Crippen LogP contribution in [0.25, 0.3) is 0 Å². The summed E-state index contributed by atoms with van der Waals surface area (Å²) in [5.74, 6) is 1.67. The van der Waals surface area contributed by atoms with Crippen molar-refractivity contribution >= 4 is 11.6 Å². The number of nitrogens with two attached hydrogens (primary N) is 2. The molecule has 28 heavy (non-hydrogen) atoms. The summed E-state index contributed by atoms with van der Waals surface area (Å²) in [6.07, 6.45) is 3.28. The Balaban J connectivity index is 1.41. The molecule has 0 saturated carbocycles. The van der Waals surface area contributed by atoms with Gasteiger partial charge < -0.3 is 25.7 Å². The van der Waals surface area contributed by atoms with Crippen LogP contribution in [0, 0.1) is 0 Å². The fourth-order valence-electron chi connectivity index (χ4n) is 2.45. The highest BCUT2D eigenvalue weighted by Crippen LogP contribution is 2.23. The molecule has 3 rings (SSSR count). The number of pyridine rings is 1. The summed E-state index contributed by atoms with van der Waals surface area (Å²) < 4.78 is 18.6. The quantitative estimate of drug-likeness (QED) is 0.439. The second-order valence-electron chi connectivity index (χ2n) is 5.96. The minimum absolute atomic E-state index is 0.258. The van der Waals surface area contributed by atoms with Gasteiger partial charge >= 0.3 is 0 Å². The van der Waals surface area contributed by atoms with E-state index < -0.39 is 5.91 Å². The Kier molecular flexibility index (Phi) is 6.43. The van der Waals surface area contributed by atoms with Crippen molar-refractivity contribution in [1.82, 2.24) is 0 Å². The lowest BCUT2D eigenvalue weighted by Gasteiger charge is -2.08. The predicted molar refractivity (Wildman–Crippen MR) is 104 cm³/mol. The number of rotatable bonds is 9. The van der Waals surface area contributed by atoms with Gasteiger partial charge in [-0.05, 0) is 36.4 Å². The number of anilines is 1. The number of para-hydroxylation sites is 1. The maximum absolute atomic E-state index is 11.3. The Labute approximate surface area is 163 Å². The first kappa shape index (κ1) is 19.2. The van der Waals surface area contributed by atoms with Gasteiger partial charge in [-0.3, -0.25) is 4.79 Å². The average Bonchev–Trinajstić information content (AvgIpc) is 2.71. The Hall–Kier alpha value is -3.58. The van der Waals surface area contributed by atoms with Crippen LogP contribution in [-0.2, 0) is 11.5 Å². The molecule has 0 aliphatic carbocycles. The molecule has 7 nitrogen and oxygen atoms in total. The van der Waals surface area contributed by atoms with E-state index in [4.69, 9.17) is 25.7 Å². The van der Waals surface area contributed by atoms with Crippen molar-refractivity contribution in [1.29, 1.82) is 0 Å². The Morgan fingerprint density at radius 2 is 1.57 bits per heavy atom. The lowest BCUT2D eigenvalue weighted by Crippen LogP contribution is -2.37. The van der Waals surface area contributed by atoms with Gasteiger partial charge in [-0.15, -0.1) is 0 Å². The molecule has 1 amide bonds. The summed E-state index contributed by atoms with van der Waals surface area (Å²) >= 11 is 0. The molecule has 2 aromatic carbocycles. The lowest BCUT2D eigenvalue weighted by molar-refractivity contribution is -0.732. The zero-order chi connectivity index (χ0) is 19.8. The lowest BCUT2D eigenvalue weighted by atomic mass is 10.2. The number of carbonyl (C=O) groups is 1. The second kappa shape index (κ2) is 9.38. The SMILES string of the molecule is NC(=O)c1c[n+](COCCOc2ccc(Oc3ccccc3)cc2)ccc1N. The van der Waals surface area contributed by atoms with Crippen LogP contribution in [0.15, 0.2) is 73.1 Å². The molecule has 0 bridgehead atoms. The third-order valence-corrected chi connectivity index (χ3v) is 3.86. The van der Waals surface area contributed by atoms with Crippen molar-refractivity contribution in [3.8, 4) is 17.2 Å². The molecule has 1 heterocycles. The number of hydrogen-bond donors (Lipinski definition) is 2. The van der Waals surface area contributed by atoms with E-state index in [2.05, 4.69) is 0 Å². The molecule has 4 N–H and O–H groups in total. The predicted octanol–water partition coefficient (Wildman–Crippen LogP) is 2.50. The average molecular weight is 380 g/mol. The molecule has 7 heteroatoms. The topological polar surface area (TPSA) is 101 Å². The van der Waals surface area contributed by atoms with Crippen LogP contribution in [0.5, 0.6) is 17.2 Å². The van der Waals surface area contributed by atoms with E-state index in [1.54, 1.807) is 23.0 Å². The Bertz CT molecular complexity index is 915. The van der Waals surface area contributed by atoms with E-state index in [1.807, 2.05) is 54.6 Å². The normalized spacial score (nSPS) is 10.4. The van der Waals surface area contributed by atoms with Crippen LogP contribution in [0.4, 0.5) is 5.69 Å². The van der Waals surface area contributed by atoms with Gasteiger partial charge in [-0.2, -0.15) is 4.57 Å². The van der Waals surface area contributed by atoms with Crippen molar-refractivity contribution < 1.29 is 23.6 Å². The minimum Gasteiger partial charge on any atom is -0.491 e. The first-order chi connectivity index (χ1) is 13.6. The molecule has 1 aromatic heterocycles. The fraction of sp³-hybridized carbons (Fsp3) is 0.143. The van der Waals surface area contributed by atoms with Crippen LogP contribution in [-0.4, -0.2) is 19.1 Å². The van der Waals surface area contributed by atoms with E-state index in [0.717, 1.165) is 17.2 Å². The number of ether oxygens (including phenoxy) is 3. The standard InChI is InChI=1S/C21H21N3O4/c22-20-10-11-24(14-19(20)21(23)25)15-26-12-13-27-16-6-8-18(9-7-16)28-17-4-2-1-3-5-17/h1-11,14,22H,12-13,15H2,(H2,23,25)/p+1. The summed E-state index contributed by atoms with van der Waals surface area (Å²) in [7, 11) is 0. The van der Waals surface area contributed by atoms with Crippen LogP contribution < -0.4 is 25.5 Å². The molecule has 0 atom stereocenters. The number of nitrogens with zero attached hydrogens (tertiary/aromatic N) is 1. The smallest absolute Gasteiger partial charge is 0.256 e. The van der Waals surface area contributed by atoms with Crippen LogP contribution in [0.2, 0.25) is 0 Å². The molecular formula is C21H22N3O4+. The summed E-state index contributed by atoms with van der Waals surface area (Å²) in [4.78, 5) is 11.3. The molecule has 3 aromatic rings. The molecule has 0 fully saturated rings. The summed E-state index contributed by atoms with van der Waals surface area (Å²) in [5.41, 5.74) is 11.6. The molecular weight excluding hydrogens is 358 g/mol. The summed E-state index contributed by atoms with van der Waals surface area (Å²) in [6.45, 7) is 1.02. The highest BCUT2D eigenvalue weighted by atomic mass is 16.5. The molecule has 0 radical (unpaired) electrons. The van der Waals surface area contributed by atoms with Gasteiger partial charge in [0, 0.05) is 6.07 Å². The van der Waals surface area contributed by atoms with Crippen LogP contribution >= 0.6 is 0 Å². The number of benzene rings is 2. The monoisotopic (exact) mass is 380 g/mol. The summed E-state index contributed by atoms with van der Waals surface area (Å²) in [6, 6.07) is 18.6. The van der Waals surface area contributed by atoms with Gasteiger partial charge in [0.05, 0.1) is 12.3 Å². The largest absolute Gasteiger partial charge is 0.491 e. The molecule has 0 spiro atoms. The van der Waals surface area contributed by atoms with Crippen molar-refractivity contribution in [2.24, 2.45) is 5.73 Å². The molecule has 144 valence electrons. The number of carbonyl (C=O) groups excluding carboxylic acids is 1. The number of amides is 1. The zero-order valence-electron chi connectivity index (χ0n) is 15.3. The maximum atomic E-state index is 11.3. The van der Waals surface area contributed by atoms with Gasteiger partial charge in [0.15, 0.2) is 12.4 Å². The van der Waals surface area contributed by atoms with E-state index in [1.165, 1.54) is 0 Å². The van der Waals surface area contributed by atoms with E-state index >= 15 is 0 Å². The van der Waals surface area contributed by atoms with Gasteiger partial charge in [-0.25, -0.2) is 0 Å². The van der Waals surface area contributed by atoms with E-state index in [9.17, 15) is 4.79 Å². The summed E-state index contributed by atoms with van der Waals surface area (Å²) in [5, 5.41) is 0. The van der Waals surface area contributed by atoms with Crippen molar-refractivity contribution in [3.63, 3.8) is 0 Å². The van der Waals surface area contributed by atoms with Crippen molar-refractivity contribution in [2.75, 3.05) is 18.9 Å². The second-order valence-corrected chi connectivity index (χ2v) is 5.96.